The van der Waals surface area contributed by atoms with Gasteiger partial charge in [-0.1, -0.05) is 61.5 Å². The highest BCUT2D eigenvalue weighted by atomic mass is 16.6. The molecule has 0 aliphatic carbocycles. The number of aryl methyl sites for hydroxylation is 1. The first-order valence-corrected chi connectivity index (χ1v) is 8.32. The third kappa shape index (κ3) is 3.48. The molecule has 1 atom stereocenters. The van der Waals surface area contributed by atoms with Gasteiger partial charge in [0.25, 0.3) is 0 Å². The van der Waals surface area contributed by atoms with Gasteiger partial charge in [-0.15, -0.1) is 0 Å². The summed E-state index contributed by atoms with van der Waals surface area (Å²) in [5, 5.41) is 0. The molecule has 24 heavy (non-hydrogen) atoms. The molecule has 0 radical (unpaired) electrons. The minimum atomic E-state index is -0.508. The zero-order valence-electron chi connectivity index (χ0n) is 13.8. The van der Waals surface area contributed by atoms with Crippen molar-refractivity contribution in [2.24, 2.45) is 0 Å². The van der Waals surface area contributed by atoms with Gasteiger partial charge in [-0.05, 0) is 29.5 Å². The van der Waals surface area contributed by atoms with Gasteiger partial charge in [0.2, 0.25) is 5.91 Å². The number of amides is 2. The SMILES string of the molecule is CCC1COC(=O)N1C(=O)CCc1ccc(-c2ccccc2)cc1. The number of imide groups is 1. The summed E-state index contributed by atoms with van der Waals surface area (Å²) in [7, 11) is 0. The zero-order valence-corrected chi connectivity index (χ0v) is 13.8. The molecule has 0 N–H and O–H groups in total. The maximum atomic E-state index is 12.3. The van der Waals surface area contributed by atoms with Crippen LogP contribution in [0.4, 0.5) is 4.79 Å². The van der Waals surface area contributed by atoms with E-state index in [9.17, 15) is 9.59 Å². The Kier molecular flexibility index (Phi) is 4.94. The van der Waals surface area contributed by atoms with Crippen molar-refractivity contribution in [1.82, 2.24) is 4.90 Å². The summed E-state index contributed by atoms with van der Waals surface area (Å²) >= 11 is 0. The predicted octanol–water partition coefficient (Wildman–Crippen LogP) is 4.04. The molecule has 0 bridgehead atoms. The van der Waals surface area contributed by atoms with Crippen LogP contribution in [0.25, 0.3) is 11.1 Å². The monoisotopic (exact) mass is 323 g/mol. The quantitative estimate of drug-likeness (QED) is 0.834. The first kappa shape index (κ1) is 16.2. The van der Waals surface area contributed by atoms with Crippen LogP contribution in [0.2, 0.25) is 0 Å². The third-order valence-corrected chi connectivity index (χ3v) is 4.39. The maximum Gasteiger partial charge on any atom is 0.416 e. The maximum absolute atomic E-state index is 12.3. The number of nitrogens with zero attached hydrogens (tertiary/aromatic N) is 1. The van der Waals surface area contributed by atoms with E-state index in [2.05, 4.69) is 24.3 Å². The van der Waals surface area contributed by atoms with Gasteiger partial charge in [0, 0.05) is 6.42 Å². The Morgan fingerprint density at radius 2 is 1.75 bits per heavy atom. The summed E-state index contributed by atoms with van der Waals surface area (Å²) in [5.41, 5.74) is 3.41. The van der Waals surface area contributed by atoms with E-state index in [1.807, 2.05) is 37.3 Å². The summed E-state index contributed by atoms with van der Waals surface area (Å²) in [4.78, 5) is 25.3. The molecular weight excluding hydrogens is 302 g/mol. The van der Waals surface area contributed by atoms with E-state index in [1.165, 1.54) is 10.5 Å². The van der Waals surface area contributed by atoms with Gasteiger partial charge >= 0.3 is 6.09 Å². The molecule has 3 rings (SSSR count). The molecule has 0 spiro atoms. The summed E-state index contributed by atoms with van der Waals surface area (Å²) in [6, 6.07) is 18.3. The van der Waals surface area contributed by atoms with E-state index in [-0.39, 0.29) is 11.9 Å². The van der Waals surface area contributed by atoms with Crippen LogP contribution in [-0.2, 0) is 16.0 Å². The third-order valence-electron chi connectivity index (χ3n) is 4.39. The number of cyclic esters (lactones) is 1. The molecule has 4 nitrogen and oxygen atoms in total. The van der Waals surface area contributed by atoms with E-state index < -0.39 is 6.09 Å². The lowest BCUT2D eigenvalue weighted by molar-refractivity contribution is -0.129. The summed E-state index contributed by atoms with van der Waals surface area (Å²) < 4.78 is 4.97. The Bertz CT molecular complexity index is 709. The second-order valence-electron chi connectivity index (χ2n) is 5.97. The molecule has 1 fully saturated rings. The summed E-state index contributed by atoms with van der Waals surface area (Å²) in [5.74, 6) is -0.156. The molecule has 124 valence electrons. The molecule has 1 aliphatic heterocycles. The van der Waals surface area contributed by atoms with Crippen molar-refractivity contribution >= 4 is 12.0 Å². The van der Waals surface area contributed by atoms with Gasteiger partial charge in [-0.3, -0.25) is 4.79 Å². The first-order valence-electron chi connectivity index (χ1n) is 8.32. The molecular formula is C20H21NO3. The number of hydrogen-bond acceptors (Lipinski definition) is 3. The van der Waals surface area contributed by atoms with Crippen molar-refractivity contribution in [3.05, 3.63) is 60.2 Å². The second kappa shape index (κ2) is 7.30. The van der Waals surface area contributed by atoms with E-state index in [4.69, 9.17) is 4.74 Å². The summed E-state index contributed by atoms with van der Waals surface area (Å²) in [6.45, 7) is 2.27. The molecule has 4 heteroatoms. The van der Waals surface area contributed by atoms with Crippen LogP contribution in [0.3, 0.4) is 0 Å². The standard InChI is InChI=1S/C20H21NO3/c1-2-18-14-24-20(23)21(18)19(22)13-10-15-8-11-17(12-9-15)16-6-4-3-5-7-16/h3-9,11-12,18H,2,10,13-14H2,1H3. The van der Waals surface area contributed by atoms with Crippen molar-refractivity contribution in [3.8, 4) is 11.1 Å². The Hall–Kier alpha value is -2.62. The summed E-state index contributed by atoms with van der Waals surface area (Å²) in [6.07, 6.45) is 1.15. The Morgan fingerprint density at radius 1 is 1.08 bits per heavy atom. The van der Waals surface area contributed by atoms with E-state index in [1.54, 1.807) is 0 Å². The average molecular weight is 323 g/mol. The van der Waals surface area contributed by atoms with Crippen LogP contribution in [0.15, 0.2) is 54.6 Å². The fraction of sp³-hybridized carbons (Fsp3) is 0.300. The fourth-order valence-corrected chi connectivity index (χ4v) is 2.93. The lowest BCUT2D eigenvalue weighted by atomic mass is 10.0. The van der Waals surface area contributed by atoms with Gasteiger partial charge in [-0.25, -0.2) is 9.69 Å². The molecule has 0 saturated carbocycles. The molecule has 0 aromatic heterocycles. The number of carbonyl (C=O) groups excluding carboxylic acids is 2. The van der Waals surface area contributed by atoms with E-state index >= 15 is 0 Å². The number of carbonyl (C=O) groups is 2. The average Bonchev–Trinajstić information content (AvgIpc) is 3.01. The van der Waals surface area contributed by atoms with Crippen LogP contribution in [0.5, 0.6) is 0 Å². The minimum Gasteiger partial charge on any atom is -0.447 e. The molecule has 2 aromatic carbocycles. The molecule has 2 amide bonds. The van der Waals surface area contributed by atoms with Crippen LogP contribution in [0, 0.1) is 0 Å². The molecule has 1 aliphatic rings. The lowest BCUT2D eigenvalue weighted by Gasteiger charge is -2.18. The first-order chi connectivity index (χ1) is 11.7. The van der Waals surface area contributed by atoms with Crippen LogP contribution in [-0.4, -0.2) is 29.5 Å². The minimum absolute atomic E-state index is 0.120. The van der Waals surface area contributed by atoms with Crippen LogP contribution in [0.1, 0.15) is 25.3 Å². The Balaban J connectivity index is 1.61. The van der Waals surface area contributed by atoms with E-state index in [0.717, 1.165) is 17.5 Å². The van der Waals surface area contributed by atoms with E-state index in [0.29, 0.717) is 19.4 Å². The van der Waals surface area contributed by atoms with Crippen molar-refractivity contribution in [3.63, 3.8) is 0 Å². The van der Waals surface area contributed by atoms with Gasteiger partial charge in [0.05, 0.1) is 6.04 Å². The van der Waals surface area contributed by atoms with Crippen LogP contribution < -0.4 is 0 Å². The zero-order chi connectivity index (χ0) is 16.9. The van der Waals surface area contributed by atoms with Gasteiger partial charge in [0.1, 0.15) is 6.61 Å². The highest BCUT2D eigenvalue weighted by molar-refractivity contribution is 5.93. The number of rotatable bonds is 5. The number of benzene rings is 2. The predicted molar refractivity (Wildman–Crippen MR) is 92.5 cm³/mol. The molecule has 2 aromatic rings. The Morgan fingerprint density at radius 3 is 2.42 bits per heavy atom. The van der Waals surface area contributed by atoms with Crippen molar-refractivity contribution in [2.45, 2.75) is 32.2 Å². The molecule has 1 heterocycles. The largest absolute Gasteiger partial charge is 0.447 e. The van der Waals surface area contributed by atoms with Gasteiger partial charge in [-0.2, -0.15) is 0 Å². The molecule has 1 saturated heterocycles. The van der Waals surface area contributed by atoms with Gasteiger partial charge in [0.15, 0.2) is 0 Å². The smallest absolute Gasteiger partial charge is 0.416 e. The highest BCUT2D eigenvalue weighted by Crippen LogP contribution is 2.21. The van der Waals surface area contributed by atoms with Crippen molar-refractivity contribution < 1.29 is 14.3 Å². The normalized spacial score (nSPS) is 17.0. The second-order valence-corrected chi connectivity index (χ2v) is 5.97. The van der Waals surface area contributed by atoms with Crippen molar-refractivity contribution in [1.29, 1.82) is 0 Å². The van der Waals surface area contributed by atoms with Crippen LogP contribution >= 0.6 is 0 Å². The van der Waals surface area contributed by atoms with Gasteiger partial charge < -0.3 is 4.74 Å². The number of hydrogen-bond donors (Lipinski definition) is 0. The molecule has 1 unspecified atom stereocenters. The fourth-order valence-electron chi connectivity index (χ4n) is 2.93. The highest BCUT2D eigenvalue weighted by Gasteiger charge is 2.36. The van der Waals surface area contributed by atoms with Crippen molar-refractivity contribution in [2.75, 3.05) is 6.61 Å². The lowest BCUT2D eigenvalue weighted by Crippen LogP contribution is -2.38. The number of ether oxygens (including phenoxy) is 1. The Labute approximate surface area is 142 Å². The topological polar surface area (TPSA) is 46.6 Å².